The number of piperidine rings is 1. The van der Waals surface area contributed by atoms with Crippen LogP contribution in [0.25, 0.3) is 0 Å². The second kappa shape index (κ2) is 23.0. The molecule has 1 fully saturated rings. The summed E-state index contributed by atoms with van der Waals surface area (Å²) in [6.07, 6.45) is 9.34. The number of hydroxylamine groups is 2. The maximum atomic E-state index is 14.7. The third-order valence-electron chi connectivity index (χ3n) is 10.5. The van der Waals surface area contributed by atoms with E-state index in [1.807, 2.05) is 51.8 Å². The van der Waals surface area contributed by atoms with E-state index < -0.39 is 53.9 Å². The molecule has 7 atom stereocenters. The topological polar surface area (TPSA) is 193 Å². The van der Waals surface area contributed by atoms with Crippen LogP contribution in [-0.2, 0) is 35.2 Å². The van der Waals surface area contributed by atoms with Gasteiger partial charge in [-0.05, 0) is 75.2 Å². The number of nitrogen functional groups attached to an aromatic ring is 1. The zero-order chi connectivity index (χ0) is 42.2. The van der Waals surface area contributed by atoms with Crippen molar-refractivity contribution >= 4 is 46.7 Å². The van der Waals surface area contributed by atoms with Crippen molar-refractivity contribution in [1.82, 2.24) is 25.6 Å². The lowest BCUT2D eigenvalue weighted by atomic mass is 9.93. The summed E-state index contributed by atoms with van der Waals surface area (Å²) in [5.74, 6) is -1.27. The molecular formula is C42H62N6O8S. The number of benzene rings is 1. The molecule has 2 heterocycles. The molecule has 15 heteroatoms. The van der Waals surface area contributed by atoms with E-state index in [1.54, 1.807) is 24.4 Å². The number of esters is 1. The van der Waals surface area contributed by atoms with E-state index in [9.17, 15) is 29.1 Å². The number of rotatable bonds is 22. The molecule has 14 nitrogen and oxygen atoms in total. The van der Waals surface area contributed by atoms with Gasteiger partial charge in [-0.2, -0.15) is 0 Å². The second-order valence-corrected chi connectivity index (χ2v) is 16.4. The fraction of sp³-hybridized carbons (Fsp3) is 0.619. The van der Waals surface area contributed by atoms with Gasteiger partial charge in [0, 0.05) is 36.9 Å². The first-order valence-electron chi connectivity index (χ1n) is 20.0. The van der Waals surface area contributed by atoms with Crippen LogP contribution in [0.4, 0.5) is 5.69 Å². The van der Waals surface area contributed by atoms with Crippen molar-refractivity contribution in [3.8, 4) is 12.3 Å². The van der Waals surface area contributed by atoms with E-state index in [0.717, 1.165) is 36.3 Å². The van der Waals surface area contributed by atoms with Crippen molar-refractivity contribution in [1.29, 1.82) is 0 Å². The number of carbonyl (C=O) groups is 5. The number of carboxylic acids is 1. The summed E-state index contributed by atoms with van der Waals surface area (Å²) in [5.41, 5.74) is 7.38. The van der Waals surface area contributed by atoms with Gasteiger partial charge in [-0.15, -0.1) is 23.7 Å². The summed E-state index contributed by atoms with van der Waals surface area (Å²) >= 11 is 1.13. The fourth-order valence-electron chi connectivity index (χ4n) is 6.85. The number of aliphatic carboxylic acids is 1. The summed E-state index contributed by atoms with van der Waals surface area (Å²) in [7, 11) is 1.92. The van der Waals surface area contributed by atoms with Gasteiger partial charge in [0.25, 0.3) is 11.8 Å². The van der Waals surface area contributed by atoms with Crippen molar-refractivity contribution in [3.05, 3.63) is 45.9 Å². The number of hydrogen-bond donors (Lipinski definition) is 4. The number of anilines is 1. The summed E-state index contributed by atoms with van der Waals surface area (Å²) in [6, 6.07) is 4.73. The molecule has 3 rings (SSSR count). The molecule has 0 aliphatic carbocycles. The molecule has 1 aromatic heterocycles. The van der Waals surface area contributed by atoms with Crippen LogP contribution in [0.15, 0.2) is 29.6 Å². The van der Waals surface area contributed by atoms with Crippen molar-refractivity contribution in [2.45, 2.75) is 130 Å². The van der Waals surface area contributed by atoms with E-state index in [0.29, 0.717) is 42.8 Å². The number of amides is 3. The molecule has 0 unspecified atom stereocenters. The summed E-state index contributed by atoms with van der Waals surface area (Å²) in [5, 5.41) is 18.8. The fourth-order valence-corrected chi connectivity index (χ4v) is 7.69. The first-order chi connectivity index (χ1) is 27.1. The molecule has 1 aliphatic heterocycles. The van der Waals surface area contributed by atoms with Gasteiger partial charge in [0.15, 0.2) is 6.10 Å². The average molecular weight is 811 g/mol. The predicted octanol–water partition coefficient (Wildman–Crippen LogP) is 5.38. The van der Waals surface area contributed by atoms with Crippen LogP contribution in [-0.4, -0.2) is 94.1 Å². The van der Waals surface area contributed by atoms with E-state index in [2.05, 4.69) is 21.5 Å². The smallest absolute Gasteiger partial charge is 0.306 e. The predicted molar refractivity (Wildman–Crippen MR) is 220 cm³/mol. The Kier molecular flexibility index (Phi) is 18.9. The van der Waals surface area contributed by atoms with E-state index in [1.165, 1.54) is 12.0 Å². The van der Waals surface area contributed by atoms with Gasteiger partial charge in [0.1, 0.15) is 16.7 Å². The van der Waals surface area contributed by atoms with Gasteiger partial charge in [-0.25, -0.2) is 10.0 Å². The van der Waals surface area contributed by atoms with Crippen LogP contribution in [0.3, 0.4) is 0 Å². The number of thiazole rings is 1. The molecule has 5 N–H and O–H groups in total. The maximum Gasteiger partial charge on any atom is 0.306 e. The Hall–Kier alpha value is -4.52. The van der Waals surface area contributed by atoms with Crippen LogP contribution >= 0.6 is 11.3 Å². The SMILES string of the molecule is C#CCCCON(C(=O)[C@@H](NC(=O)[C@H]1CCCCN1C)[C@@H](C)CC)[C@H](C[C@@H](OC(C)=O)c1nc(C(=O)N[C@@H](Cc2ccc(N)cc2)C[C@H](C)C(=O)O)cs1)C(C)C. The molecule has 1 aliphatic rings. The lowest BCUT2D eigenvalue weighted by Gasteiger charge is -2.39. The van der Waals surface area contributed by atoms with Crippen molar-refractivity contribution in [3.63, 3.8) is 0 Å². The van der Waals surface area contributed by atoms with Gasteiger partial charge < -0.3 is 26.2 Å². The number of terminal acetylenes is 1. The quantitative estimate of drug-likeness (QED) is 0.0392. The highest BCUT2D eigenvalue weighted by atomic mass is 32.1. The van der Waals surface area contributed by atoms with Gasteiger partial charge in [0.05, 0.1) is 24.6 Å². The Morgan fingerprint density at radius 2 is 1.81 bits per heavy atom. The van der Waals surface area contributed by atoms with E-state index in [-0.39, 0.29) is 48.9 Å². The lowest BCUT2D eigenvalue weighted by Crippen LogP contribution is -2.58. The molecule has 2 aromatic rings. The first-order valence-corrected chi connectivity index (χ1v) is 20.8. The minimum absolute atomic E-state index is 0.0734. The molecule has 0 bridgehead atoms. The summed E-state index contributed by atoms with van der Waals surface area (Å²) in [6.45, 7) is 11.5. The second-order valence-electron chi connectivity index (χ2n) is 15.5. The molecule has 0 saturated carbocycles. The third kappa shape index (κ3) is 14.4. The lowest BCUT2D eigenvalue weighted by molar-refractivity contribution is -0.213. The highest BCUT2D eigenvalue weighted by molar-refractivity contribution is 7.09. The van der Waals surface area contributed by atoms with Crippen molar-refractivity contribution in [2.75, 3.05) is 25.9 Å². The Morgan fingerprint density at radius 3 is 2.40 bits per heavy atom. The van der Waals surface area contributed by atoms with Crippen molar-refractivity contribution in [2.24, 2.45) is 17.8 Å². The van der Waals surface area contributed by atoms with Crippen LogP contribution in [0.1, 0.15) is 120 Å². The van der Waals surface area contributed by atoms with Gasteiger partial charge in [-0.3, -0.25) is 33.7 Å². The highest BCUT2D eigenvalue weighted by Crippen LogP contribution is 2.32. The van der Waals surface area contributed by atoms with Crippen molar-refractivity contribution < 1.29 is 38.7 Å². The normalized spacial score (nSPS) is 17.6. The Labute approximate surface area is 341 Å². The Balaban J connectivity index is 1.93. The summed E-state index contributed by atoms with van der Waals surface area (Å²) < 4.78 is 5.82. The number of ether oxygens (including phenoxy) is 1. The molecule has 1 saturated heterocycles. The number of aromatic nitrogens is 1. The van der Waals surface area contributed by atoms with Crippen LogP contribution in [0.5, 0.6) is 0 Å². The van der Waals surface area contributed by atoms with Crippen LogP contribution in [0, 0.1) is 30.1 Å². The molecule has 0 spiro atoms. The molecule has 1 aromatic carbocycles. The van der Waals surface area contributed by atoms with Gasteiger partial charge in [-0.1, -0.05) is 59.6 Å². The van der Waals surface area contributed by atoms with Crippen LogP contribution < -0.4 is 16.4 Å². The van der Waals surface area contributed by atoms with E-state index >= 15 is 0 Å². The maximum absolute atomic E-state index is 14.7. The third-order valence-corrected chi connectivity index (χ3v) is 11.4. The highest BCUT2D eigenvalue weighted by Gasteiger charge is 2.40. The number of carbonyl (C=O) groups excluding carboxylic acids is 4. The van der Waals surface area contributed by atoms with Crippen LogP contribution in [0.2, 0.25) is 0 Å². The number of unbranched alkanes of at least 4 members (excludes halogenated alkanes) is 1. The molecule has 57 heavy (non-hydrogen) atoms. The van der Waals surface area contributed by atoms with Gasteiger partial charge >= 0.3 is 11.9 Å². The zero-order valence-electron chi connectivity index (χ0n) is 34.5. The van der Waals surface area contributed by atoms with Gasteiger partial charge in [0.2, 0.25) is 5.91 Å². The average Bonchev–Trinajstić information content (AvgIpc) is 3.67. The minimum atomic E-state index is -0.978. The standard InChI is InChI=1S/C42H62N6O8S/c1-9-11-14-21-55-48(41(52)37(27(5)10-2)46-39(51)34-15-12-13-20-47(34)8)35(26(3)4)24-36(56-29(7)49)40-45-33(25-57-40)38(50)44-32(22-28(6)42(53)54)23-30-16-18-31(43)19-17-30/h1,16-19,25-28,32,34-37H,10-15,20-24,43H2,2-8H3,(H,44,50)(H,46,51)(H,53,54)/t27-,28-,32+,34+,35+,36+,37-/m0/s1. The Bertz CT molecular complexity index is 1680. The summed E-state index contributed by atoms with van der Waals surface area (Å²) in [4.78, 5) is 79.1. The number of hydrogen-bond acceptors (Lipinski definition) is 11. The minimum Gasteiger partial charge on any atom is -0.481 e. The Morgan fingerprint density at radius 1 is 1.11 bits per heavy atom. The first kappa shape index (κ1) is 46.9. The monoisotopic (exact) mass is 810 g/mol. The largest absolute Gasteiger partial charge is 0.481 e. The number of carboxylic acid groups (broad SMARTS) is 1. The molecule has 314 valence electrons. The van der Waals surface area contributed by atoms with E-state index in [4.69, 9.17) is 21.7 Å². The number of likely N-dealkylation sites (tertiary alicyclic amines) is 1. The zero-order valence-corrected chi connectivity index (χ0v) is 35.3. The number of likely N-dealkylation sites (N-methyl/N-ethyl adjacent to an activating group) is 1. The number of nitrogens with zero attached hydrogens (tertiary/aromatic N) is 3. The number of nitrogens with one attached hydrogen (secondary N) is 2. The molecule has 3 amide bonds. The number of nitrogens with two attached hydrogens (primary N) is 1. The molecule has 0 radical (unpaired) electrons. The molecular weight excluding hydrogens is 749 g/mol.